The molecule has 2 saturated heterocycles. The largest absolute Gasteiger partial charge is 0.491 e. The van der Waals surface area contributed by atoms with E-state index in [0.717, 1.165) is 0 Å². The van der Waals surface area contributed by atoms with E-state index in [-0.39, 0.29) is 29.1 Å². The summed E-state index contributed by atoms with van der Waals surface area (Å²) in [5, 5.41) is 23.4. The number of fused-ring (bicyclic) bond motifs is 1. The maximum absolute atomic E-state index is 13.3. The van der Waals surface area contributed by atoms with E-state index in [4.69, 9.17) is 9.47 Å². The summed E-state index contributed by atoms with van der Waals surface area (Å²) in [4.78, 5) is 8.65. The Kier molecular flexibility index (Phi) is 8.03. The standard InChI is InChI=1S/C28H37N5O8S2/c1-32-19-30-24-5-6-25(31-26(24)32)43(38,39)33-11-9-27(10-12-33)14-20(16-41-27)29-15-21(35)17-40-22-3-2-4-23(13-22)42(36,37)28(18-34)7-8-28/h2-6,13,19-21,29,34-35H,7-12,14-18H2,1H3. The lowest BCUT2D eigenvalue weighted by molar-refractivity contribution is -0.0312. The fourth-order valence-corrected chi connectivity index (χ4v) is 9.12. The first-order valence-corrected chi connectivity index (χ1v) is 17.3. The van der Waals surface area contributed by atoms with E-state index in [0.29, 0.717) is 68.7 Å². The number of rotatable bonds is 11. The Hall–Kier alpha value is -2.66. The minimum absolute atomic E-state index is 0.00611. The van der Waals surface area contributed by atoms with Crippen molar-refractivity contribution in [1.29, 1.82) is 0 Å². The number of benzene rings is 1. The second-order valence-corrected chi connectivity index (χ2v) is 16.1. The van der Waals surface area contributed by atoms with Crippen LogP contribution in [0.3, 0.4) is 0 Å². The van der Waals surface area contributed by atoms with Crippen molar-refractivity contribution in [2.45, 2.75) is 64.5 Å². The predicted molar refractivity (Wildman–Crippen MR) is 156 cm³/mol. The third kappa shape index (κ3) is 5.79. The summed E-state index contributed by atoms with van der Waals surface area (Å²) >= 11 is 0. The second-order valence-electron chi connectivity index (χ2n) is 11.8. The van der Waals surface area contributed by atoms with Gasteiger partial charge in [0.1, 0.15) is 24.0 Å². The molecule has 1 spiro atoms. The van der Waals surface area contributed by atoms with Crippen LogP contribution in [0.1, 0.15) is 32.1 Å². The minimum Gasteiger partial charge on any atom is -0.491 e. The number of pyridine rings is 1. The summed E-state index contributed by atoms with van der Waals surface area (Å²) in [7, 11) is -5.65. The third-order valence-electron chi connectivity index (χ3n) is 8.85. The van der Waals surface area contributed by atoms with Crippen LogP contribution in [0.2, 0.25) is 0 Å². The van der Waals surface area contributed by atoms with Crippen molar-refractivity contribution in [1.82, 2.24) is 24.2 Å². The van der Waals surface area contributed by atoms with Crippen LogP contribution in [0, 0.1) is 0 Å². The fourth-order valence-electron chi connectivity index (χ4n) is 5.91. The molecule has 3 aromatic rings. The van der Waals surface area contributed by atoms with E-state index in [1.807, 2.05) is 0 Å². The Balaban J connectivity index is 0.973. The molecule has 4 heterocycles. The first-order chi connectivity index (χ1) is 20.5. The van der Waals surface area contributed by atoms with Crippen molar-refractivity contribution in [3.63, 3.8) is 0 Å². The number of piperidine rings is 1. The van der Waals surface area contributed by atoms with Gasteiger partial charge in [0.15, 0.2) is 20.5 Å². The fraction of sp³-hybridized carbons (Fsp3) is 0.571. The number of ether oxygens (including phenoxy) is 2. The lowest BCUT2D eigenvalue weighted by Gasteiger charge is -2.37. The molecule has 0 amide bonds. The number of sulfone groups is 1. The molecule has 2 aromatic heterocycles. The van der Waals surface area contributed by atoms with Crippen LogP contribution in [0.5, 0.6) is 5.75 Å². The zero-order chi connectivity index (χ0) is 30.5. The average Bonchev–Trinajstić information content (AvgIpc) is 3.62. The normalized spacial score (nSPS) is 22.6. The van der Waals surface area contributed by atoms with Crippen LogP contribution in [0.25, 0.3) is 11.2 Å². The summed E-state index contributed by atoms with van der Waals surface area (Å²) in [6.07, 6.45) is 3.43. The number of nitrogens with one attached hydrogen (secondary N) is 1. The number of aromatic nitrogens is 3. The van der Waals surface area contributed by atoms with Crippen LogP contribution < -0.4 is 10.1 Å². The molecule has 3 N–H and O–H groups in total. The quantitative estimate of drug-likeness (QED) is 0.269. The zero-order valence-electron chi connectivity index (χ0n) is 23.9. The molecule has 0 bridgehead atoms. The van der Waals surface area contributed by atoms with Gasteiger partial charge in [-0.1, -0.05) is 6.07 Å². The lowest BCUT2D eigenvalue weighted by atomic mass is 9.88. The minimum atomic E-state index is -3.76. The maximum Gasteiger partial charge on any atom is 0.260 e. The first-order valence-electron chi connectivity index (χ1n) is 14.4. The topological polar surface area (TPSA) is 173 Å². The van der Waals surface area contributed by atoms with Crippen molar-refractivity contribution in [3.8, 4) is 5.75 Å². The Morgan fingerprint density at radius 3 is 2.63 bits per heavy atom. The summed E-state index contributed by atoms with van der Waals surface area (Å²) in [6, 6.07) is 9.29. The number of sulfonamides is 1. The molecule has 3 fully saturated rings. The number of hydrogen-bond donors (Lipinski definition) is 3. The molecule has 2 unspecified atom stereocenters. The van der Waals surface area contributed by atoms with Gasteiger partial charge in [0.05, 0.1) is 34.8 Å². The van der Waals surface area contributed by atoms with Gasteiger partial charge in [-0.05, 0) is 62.4 Å². The molecular weight excluding hydrogens is 598 g/mol. The third-order valence-corrected chi connectivity index (χ3v) is 13.2. The average molecular weight is 636 g/mol. The predicted octanol–water partition coefficient (Wildman–Crippen LogP) is 0.609. The number of hydrogen-bond acceptors (Lipinski definition) is 11. The van der Waals surface area contributed by atoms with Crippen LogP contribution in [-0.4, -0.2) is 108 Å². The molecular formula is C28H37N5O8S2. The number of aryl methyl sites for hydroxylation is 1. The van der Waals surface area contributed by atoms with Gasteiger partial charge < -0.3 is 29.6 Å². The van der Waals surface area contributed by atoms with E-state index >= 15 is 0 Å². The molecule has 43 heavy (non-hydrogen) atoms. The van der Waals surface area contributed by atoms with Crippen LogP contribution in [-0.2, 0) is 31.6 Å². The Morgan fingerprint density at radius 2 is 1.91 bits per heavy atom. The molecule has 2 atom stereocenters. The molecule has 13 nitrogen and oxygen atoms in total. The summed E-state index contributed by atoms with van der Waals surface area (Å²) in [5.41, 5.74) is 0.726. The van der Waals surface area contributed by atoms with Crippen molar-refractivity contribution in [2.75, 3.05) is 39.5 Å². The summed E-state index contributed by atoms with van der Waals surface area (Å²) in [5.74, 6) is 0.328. The molecule has 2 aliphatic heterocycles. The SMILES string of the molecule is Cn1cnc2ccc(S(=O)(=O)N3CCC4(CC3)CC(NCC(O)COc3cccc(S(=O)(=O)C5(CO)CC5)c3)CO4)nc21. The van der Waals surface area contributed by atoms with E-state index < -0.39 is 42.9 Å². The second kappa shape index (κ2) is 11.4. The van der Waals surface area contributed by atoms with Crippen LogP contribution in [0.15, 0.2) is 52.6 Å². The first kappa shape index (κ1) is 30.4. The molecule has 1 aromatic carbocycles. The number of aliphatic hydroxyl groups is 2. The highest BCUT2D eigenvalue weighted by Crippen LogP contribution is 2.46. The smallest absolute Gasteiger partial charge is 0.260 e. The molecule has 15 heteroatoms. The van der Waals surface area contributed by atoms with E-state index in [1.165, 1.54) is 22.5 Å². The maximum atomic E-state index is 13.3. The molecule has 234 valence electrons. The highest BCUT2D eigenvalue weighted by atomic mass is 32.2. The Morgan fingerprint density at radius 1 is 1.14 bits per heavy atom. The van der Waals surface area contributed by atoms with Gasteiger partial charge >= 0.3 is 0 Å². The highest BCUT2D eigenvalue weighted by Gasteiger charge is 2.54. The van der Waals surface area contributed by atoms with Crippen LogP contribution in [0.4, 0.5) is 0 Å². The van der Waals surface area contributed by atoms with Crippen molar-refractivity contribution < 1.29 is 36.5 Å². The highest BCUT2D eigenvalue weighted by molar-refractivity contribution is 7.93. The van der Waals surface area contributed by atoms with Crippen LogP contribution >= 0.6 is 0 Å². The van der Waals surface area contributed by atoms with Gasteiger partial charge in [-0.2, -0.15) is 4.31 Å². The van der Waals surface area contributed by atoms with E-state index in [9.17, 15) is 27.0 Å². The molecule has 0 radical (unpaired) electrons. The van der Waals surface area contributed by atoms with Gasteiger partial charge in [-0.25, -0.2) is 26.8 Å². The molecule has 1 aliphatic carbocycles. The number of imidazole rings is 1. The van der Waals surface area contributed by atoms with Gasteiger partial charge in [0.2, 0.25) is 0 Å². The number of aliphatic hydroxyl groups excluding tert-OH is 2. The number of nitrogens with zero attached hydrogens (tertiary/aromatic N) is 4. The Bertz CT molecular complexity index is 1700. The van der Waals surface area contributed by atoms with Crippen molar-refractivity contribution in [3.05, 3.63) is 42.7 Å². The van der Waals surface area contributed by atoms with Crippen molar-refractivity contribution >= 4 is 31.0 Å². The van der Waals surface area contributed by atoms with E-state index in [2.05, 4.69) is 15.3 Å². The van der Waals surface area contributed by atoms with Gasteiger partial charge in [0, 0.05) is 32.7 Å². The summed E-state index contributed by atoms with van der Waals surface area (Å²) in [6.45, 7) is 0.903. The zero-order valence-corrected chi connectivity index (χ0v) is 25.6. The van der Waals surface area contributed by atoms with Gasteiger partial charge in [0.25, 0.3) is 10.0 Å². The van der Waals surface area contributed by atoms with Gasteiger partial charge in [-0.3, -0.25) is 0 Å². The monoisotopic (exact) mass is 635 g/mol. The van der Waals surface area contributed by atoms with Crippen molar-refractivity contribution in [2.24, 2.45) is 7.05 Å². The Labute approximate surface area is 250 Å². The molecule has 1 saturated carbocycles. The van der Waals surface area contributed by atoms with Gasteiger partial charge in [-0.15, -0.1) is 0 Å². The lowest BCUT2D eigenvalue weighted by Crippen LogP contribution is -2.47. The summed E-state index contributed by atoms with van der Waals surface area (Å²) < 4.78 is 66.3. The van der Waals surface area contributed by atoms with E-state index in [1.54, 1.807) is 36.1 Å². The molecule has 6 rings (SSSR count). The molecule has 3 aliphatic rings.